The number of ketones is 1. The summed E-state index contributed by atoms with van der Waals surface area (Å²) in [5, 5.41) is 0. The van der Waals surface area contributed by atoms with Gasteiger partial charge in [0, 0.05) is 12.5 Å². The number of carbonyl (C=O) groups excluding carboxylic acids is 2. The van der Waals surface area contributed by atoms with Crippen LogP contribution in [-0.2, 0) is 26.0 Å². The van der Waals surface area contributed by atoms with Crippen molar-refractivity contribution in [2.75, 3.05) is 25.1 Å². The van der Waals surface area contributed by atoms with Gasteiger partial charge in [0.25, 0.3) is 10.0 Å². The molecule has 0 heterocycles. The number of esters is 1. The Morgan fingerprint density at radius 2 is 1.56 bits per heavy atom. The number of hydrogen-bond donors (Lipinski definition) is 0. The Morgan fingerprint density at radius 3 is 2.19 bits per heavy atom. The summed E-state index contributed by atoms with van der Waals surface area (Å²) in [7, 11) is -1.22. The molecule has 166 valence electrons. The zero-order chi connectivity index (χ0) is 23.1. The van der Waals surface area contributed by atoms with E-state index in [0.29, 0.717) is 22.6 Å². The molecule has 0 saturated carbocycles. The van der Waals surface area contributed by atoms with Crippen molar-refractivity contribution in [2.45, 2.75) is 11.3 Å². The van der Waals surface area contributed by atoms with Crippen LogP contribution in [0.2, 0.25) is 0 Å². The molecule has 0 spiro atoms. The highest BCUT2D eigenvalue weighted by molar-refractivity contribution is 7.92. The minimum Gasteiger partial charge on any atom is -0.497 e. The number of rotatable bonds is 9. The number of nitrogens with zero attached hydrogens (tertiary/aromatic N) is 1. The second-order valence-corrected chi connectivity index (χ2v) is 8.79. The summed E-state index contributed by atoms with van der Waals surface area (Å²) in [6.45, 7) is -0.358. The summed E-state index contributed by atoms with van der Waals surface area (Å²) in [4.78, 5) is 24.5. The summed E-state index contributed by atoms with van der Waals surface area (Å²) in [5.74, 6) is -0.305. The summed E-state index contributed by atoms with van der Waals surface area (Å²) in [5.41, 5.74) is 1.35. The van der Waals surface area contributed by atoms with Gasteiger partial charge in [0.1, 0.15) is 5.75 Å². The Morgan fingerprint density at radius 1 is 0.875 bits per heavy atom. The molecule has 0 fully saturated rings. The van der Waals surface area contributed by atoms with E-state index in [1.807, 2.05) is 0 Å². The summed E-state index contributed by atoms with van der Waals surface area (Å²) in [6.07, 6.45) is 0.00618. The number of Topliss-reactive ketones (excluding diaryl/α,β-unsaturated/α-hetero) is 1. The quantitative estimate of drug-likeness (QED) is 0.461. The van der Waals surface area contributed by atoms with E-state index in [0.717, 1.165) is 4.31 Å². The van der Waals surface area contributed by atoms with Crippen LogP contribution in [-0.4, -0.2) is 40.9 Å². The van der Waals surface area contributed by atoms with E-state index in [2.05, 4.69) is 4.74 Å². The summed E-state index contributed by atoms with van der Waals surface area (Å²) >= 11 is 0. The fourth-order valence-electron chi connectivity index (χ4n) is 3.12. The smallest absolute Gasteiger partial charge is 0.337 e. The molecule has 0 aliphatic heterocycles. The molecule has 3 aromatic carbocycles. The molecule has 0 saturated heterocycles. The van der Waals surface area contributed by atoms with Gasteiger partial charge in [-0.1, -0.05) is 36.4 Å². The Bertz CT molecular complexity index is 1190. The van der Waals surface area contributed by atoms with Crippen LogP contribution in [0.15, 0.2) is 83.8 Å². The molecule has 0 atom stereocenters. The van der Waals surface area contributed by atoms with Crippen LogP contribution in [0.25, 0.3) is 0 Å². The lowest BCUT2D eigenvalue weighted by Gasteiger charge is -2.24. The van der Waals surface area contributed by atoms with Crippen LogP contribution >= 0.6 is 0 Å². The zero-order valence-corrected chi connectivity index (χ0v) is 18.5. The number of carbonyl (C=O) groups is 2. The van der Waals surface area contributed by atoms with Gasteiger partial charge in [-0.3, -0.25) is 9.10 Å². The predicted molar refractivity (Wildman–Crippen MR) is 120 cm³/mol. The van der Waals surface area contributed by atoms with Gasteiger partial charge in [0.2, 0.25) is 0 Å². The maximum atomic E-state index is 13.4. The van der Waals surface area contributed by atoms with E-state index in [1.54, 1.807) is 66.7 Å². The van der Waals surface area contributed by atoms with Crippen LogP contribution in [0, 0.1) is 0 Å². The third-order valence-electron chi connectivity index (χ3n) is 4.77. The van der Waals surface area contributed by atoms with Gasteiger partial charge < -0.3 is 9.47 Å². The third-order valence-corrected chi connectivity index (χ3v) is 6.56. The van der Waals surface area contributed by atoms with E-state index >= 15 is 0 Å². The van der Waals surface area contributed by atoms with Crippen molar-refractivity contribution >= 4 is 27.5 Å². The zero-order valence-electron chi connectivity index (χ0n) is 17.7. The van der Waals surface area contributed by atoms with E-state index in [4.69, 9.17) is 4.74 Å². The molecule has 7 nitrogen and oxygen atoms in total. The number of methoxy groups -OCH3 is 2. The molecule has 8 heteroatoms. The third kappa shape index (κ3) is 5.33. The van der Waals surface area contributed by atoms with Crippen molar-refractivity contribution in [3.63, 3.8) is 0 Å². The van der Waals surface area contributed by atoms with E-state index in [1.165, 1.54) is 26.4 Å². The van der Waals surface area contributed by atoms with Gasteiger partial charge >= 0.3 is 5.97 Å². The van der Waals surface area contributed by atoms with Crippen molar-refractivity contribution < 1.29 is 27.5 Å². The summed E-state index contributed by atoms with van der Waals surface area (Å²) < 4.78 is 37.7. The van der Waals surface area contributed by atoms with Crippen molar-refractivity contribution in [3.8, 4) is 5.75 Å². The Hall–Kier alpha value is -3.65. The first kappa shape index (κ1) is 23.0. The Kier molecular flexibility index (Phi) is 7.27. The highest BCUT2D eigenvalue weighted by Gasteiger charge is 2.27. The van der Waals surface area contributed by atoms with Crippen LogP contribution in [0.4, 0.5) is 5.69 Å². The second kappa shape index (κ2) is 10.1. The molecule has 0 aliphatic rings. The van der Waals surface area contributed by atoms with Crippen molar-refractivity contribution in [1.82, 2.24) is 0 Å². The SMILES string of the molecule is COC(=O)c1ccc(CC(=O)CN(c2cccc(OC)c2)S(=O)(=O)c2ccccc2)cc1. The van der Waals surface area contributed by atoms with Gasteiger partial charge in [-0.25, -0.2) is 13.2 Å². The molecule has 0 amide bonds. The number of sulfonamides is 1. The van der Waals surface area contributed by atoms with Crippen LogP contribution in [0.1, 0.15) is 15.9 Å². The van der Waals surface area contributed by atoms with Gasteiger partial charge in [0.05, 0.1) is 36.9 Å². The van der Waals surface area contributed by atoms with Gasteiger partial charge in [0.15, 0.2) is 5.78 Å². The minimum absolute atomic E-state index is 0.00618. The molecule has 3 aromatic rings. The first-order valence-electron chi connectivity index (χ1n) is 9.76. The molecular weight excluding hydrogens is 430 g/mol. The molecule has 0 unspecified atom stereocenters. The van der Waals surface area contributed by atoms with E-state index in [-0.39, 0.29) is 23.6 Å². The number of anilines is 1. The molecular formula is C24H23NO6S. The molecule has 0 bridgehead atoms. The molecule has 0 N–H and O–H groups in total. The van der Waals surface area contributed by atoms with Crippen molar-refractivity contribution in [2.24, 2.45) is 0 Å². The lowest BCUT2D eigenvalue weighted by atomic mass is 10.1. The largest absolute Gasteiger partial charge is 0.497 e. The average molecular weight is 454 g/mol. The maximum Gasteiger partial charge on any atom is 0.337 e. The molecule has 32 heavy (non-hydrogen) atoms. The van der Waals surface area contributed by atoms with Gasteiger partial charge in [-0.2, -0.15) is 0 Å². The highest BCUT2D eigenvalue weighted by Crippen LogP contribution is 2.27. The monoisotopic (exact) mass is 453 g/mol. The number of hydrogen-bond acceptors (Lipinski definition) is 6. The predicted octanol–water partition coefficient (Wildman–Crippen LogP) is 3.49. The van der Waals surface area contributed by atoms with E-state index < -0.39 is 16.0 Å². The fourth-order valence-corrected chi connectivity index (χ4v) is 4.58. The van der Waals surface area contributed by atoms with Crippen LogP contribution in [0.3, 0.4) is 0 Å². The first-order valence-corrected chi connectivity index (χ1v) is 11.2. The van der Waals surface area contributed by atoms with E-state index in [9.17, 15) is 18.0 Å². The fraction of sp³-hybridized carbons (Fsp3) is 0.167. The lowest BCUT2D eigenvalue weighted by molar-refractivity contribution is -0.117. The van der Waals surface area contributed by atoms with Crippen molar-refractivity contribution in [3.05, 3.63) is 90.0 Å². The van der Waals surface area contributed by atoms with Gasteiger partial charge in [-0.05, 0) is 42.0 Å². The standard InChI is InChI=1S/C24H23NO6S/c1-30-22-8-6-7-20(16-22)25(32(28,29)23-9-4-3-5-10-23)17-21(26)15-18-11-13-19(14-12-18)24(27)31-2/h3-14,16H,15,17H2,1-2H3. The van der Waals surface area contributed by atoms with Gasteiger partial charge in [-0.15, -0.1) is 0 Å². The number of benzene rings is 3. The average Bonchev–Trinajstić information content (AvgIpc) is 2.83. The Balaban J connectivity index is 1.88. The highest BCUT2D eigenvalue weighted by atomic mass is 32.2. The molecule has 0 radical (unpaired) electrons. The normalized spacial score (nSPS) is 10.9. The maximum absolute atomic E-state index is 13.4. The van der Waals surface area contributed by atoms with Crippen molar-refractivity contribution in [1.29, 1.82) is 0 Å². The topological polar surface area (TPSA) is 90.0 Å². The second-order valence-electron chi connectivity index (χ2n) is 6.93. The molecule has 0 aromatic heterocycles. The summed E-state index contributed by atoms with van der Waals surface area (Å²) in [6, 6.07) is 20.9. The first-order chi connectivity index (χ1) is 15.3. The van der Waals surface area contributed by atoms with Crippen LogP contribution < -0.4 is 9.04 Å². The number of ether oxygens (including phenoxy) is 2. The minimum atomic E-state index is -3.99. The molecule has 0 aliphatic carbocycles. The lowest BCUT2D eigenvalue weighted by Crippen LogP contribution is -2.36. The Labute approximate surface area is 187 Å². The molecule has 3 rings (SSSR count). The van der Waals surface area contributed by atoms with Crippen LogP contribution in [0.5, 0.6) is 5.75 Å².